The number of nitrogens with zero attached hydrogens (tertiary/aromatic N) is 2. The number of halogens is 1. The van der Waals surface area contributed by atoms with Crippen molar-refractivity contribution in [2.75, 3.05) is 14.2 Å². The van der Waals surface area contributed by atoms with Crippen LogP contribution in [0.3, 0.4) is 0 Å². The Morgan fingerprint density at radius 1 is 1.45 bits per heavy atom. The number of hydrogen-bond donors (Lipinski definition) is 1. The highest BCUT2D eigenvalue weighted by atomic mass is 19.1. The molecule has 2 aromatic rings. The van der Waals surface area contributed by atoms with E-state index in [-0.39, 0.29) is 17.6 Å². The van der Waals surface area contributed by atoms with Crippen molar-refractivity contribution >= 4 is 0 Å². The summed E-state index contributed by atoms with van der Waals surface area (Å²) in [5.41, 5.74) is 2.11. The number of ether oxygens (including phenoxy) is 1. The van der Waals surface area contributed by atoms with Gasteiger partial charge in [-0.15, -0.1) is 0 Å². The van der Waals surface area contributed by atoms with Gasteiger partial charge in [0.2, 0.25) is 0 Å². The second-order valence-electron chi connectivity index (χ2n) is 4.80. The van der Waals surface area contributed by atoms with Crippen molar-refractivity contribution in [1.29, 1.82) is 0 Å². The average Bonchev–Trinajstić information content (AvgIpc) is 2.85. The van der Waals surface area contributed by atoms with Crippen molar-refractivity contribution < 1.29 is 9.13 Å². The number of benzene rings is 1. The maximum absolute atomic E-state index is 13.7. The number of aromatic nitrogens is 2. The highest BCUT2D eigenvalue weighted by Gasteiger charge is 2.12. The minimum Gasteiger partial charge on any atom is -0.494 e. The van der Waals surface area contributed by atoms with Crippen molar-refractivity contribution in [3.05, 3.63) is 47.5 Å². The van der Waals surface area contributed by atoms with Crippen LogP contribution in [0.5, 0.6) is 5.75 Å². The van der Waals surface area contributed by atoms with Gasteiger partial charge in [-0.3, -0.25) is 4.68 Å². The van der Waals surface area contributed by atoms with Crippen LogP contribution in [0.2, 0.25) is 0 Å². The molecular formula is C15H20FN3O. The predicted molar refractivity (Wildman–Crippen MR) is 76.3 cm³/mol. The van der Waals surface area contributed by atoms with E-state index in [1.807, 2.05) is 32.6 Å². The summed E-state index contributed by atoms with van der Waals surface area (Å²) < 4.78 is 20.5. The van der Waals surface area contributed by atoms with Gasteiger partial charge in [-0.25, -0.2) is 4.39 Å². The lowest BCUT2D eigenvalue weighted by Crippen LogP contribution is -2.17. The van der Waals surface area contributed by atoms with Crippen LogP contribution in [-0.4, -0.2) is 23.9 Å². The largest absolute Gasteiger partial charge is 0.494 e. The quantitative estimate of drug-likeness (QED) is 0.881. The van der Waals surface area contributed by atoms with E-state index < -0.39 is 0 Å². The lowest BCUT2D eigenvalue weighted by Gasteiger charge is -2.17. The summed E-state index contributed by atoms with van der Waals surface area (Å²) in [6.45, 7) is 0. The minimum absolute atomic E-state index is 0.107. The topological polar surface area (TPSA) is 39.1 Å². The van der Waals surface area contributed by atoms with Gasteiger partial charge in [-0.2, -0.15) is 5.10 Å². The van der Waals surface area contributed by atoms with E-state index >= 15 is 0 Å². The number of rotatable bonds is 6. The normalized spacial score (nSPS) is 12.4. The van der Waals surface area contributed by atoms with Crippen LogP contribution < -0.4 is 10.1 Å². The van der Waals surface area contributed by atoms with Gasteiger partial charge >= 0.3 is 0 Å². The Morgan fingerprint density at radius 2 is 2.25 bits per heavy atom. The molecule has 108 valence electrons. The van der Waals surface area contributed by atoms with Gasteiger partial charge < -0.3 is 10.1 Å². The van der Waals surface area contributed by atoms with Crippen LogP contribution in [0, 0.1) is 5.82 Å². The zero-order valence-corrected chi connectivity index (χ0v) is 12.1. The molecule has 20 heavy (non-hydrogen) atoms. The summed E-state index contributed by atoms with van der Waals surface area (Å²) in [6.07, 6.45) is 5.64. The van der Waals surface area contributed by atoms with E-state index in [0.29, 0.717) is 0 Å². The Bertz CT molecular complexity index is 568. The molecule has 1 aromatic heterocycles. The van der Waals surface area contributed by atoms with Crippen molar-refractivity contribution in [2.24, 2.45) is 7.05 Å². The van der Waals surface area contributed by atoms with E-state index in [9.17, 15) is 4.39 Å². The zero-order valence-electron chi connectivity index (χ0n) is 12.1. The second-order valence-corrected chi connectivity index (χ2v) is 4.80. The van der Waals surface area contributed by atoms with Crippen LogP contribution in [0.1, 0.15) is 23.6 Å². The highest BCUT2D eigenvalue weighted by molar-refractivity contribution is 5.31. The average molecular weight is 277 g/mol. The Labute approximate surface area is 118 Å². The van der Waals surface area contributed by atoms with Crippen LogP contribution in [0.25, 0.3) is 0 Å². The van der Waals surface area contributed by atoms with Gasteiger partial charge in [0, 0.05) is 19.3 Å². The first kappa shape index (κ1) is 14.5. The smallest absolute Gasteiger partial charge is 0.165 e. The molecule has 1 N–H and O–H groups in total. The van der Waals surface area contributed by atoms with Gasteiger partial charge in [-0.05, 0) is 43.1 Å². The van der Waals surface area contributed by atoms with Gasteiger partial charge in [0.15, 0.2) is 11.6 Å². The fourth-order valence-electron chi connectivity index (χ4n) is 2.29. The molecule has 0 aliphatic heterocycles. The standard InChI is InChI=1S/C15H20FN3O/c1-17-14(6-4-11-9-18-19(2)10-11)12-5-7-15(20-3)13(16)8-12/h5,7-10,14,17H,4,6H2,1-3H3. The lowest BCUT2D eigenvalue weighted by atomic mass is 10.00. The molecule has 4 nitrogen and oxygen atoms in total. The van der Waals surface area contributed by atoms with Crippen LogP contribution in [-0.2, 0) is 13.5 Å². The van der Waals surface area contributed by atoms with E-state index in [1.165, 1.54) is 18.7 Å². The van der Waals surface area contributed by atoms with Crippen molar-refractivity contribution in [2.45, 2.75) is 18.9 Å². The summed E-state index contributed by atoms with van der Waals surface area (Å²) in [4.78, 5) is 0. The number of methoxy groups -OCH3 is 1. The molecule has 0 saturated heterocycles. The maximum atomic E-state index is 13.7. The molecule has 5 heteroatoms. The molecule has 1 unspecified atom stereocenters. The maximum Gasteiger partial charge on any atom is 0.165 e. The fraction of sp³-hybridized carbons (Fsp3) is 0.400. The fourth-order valence-corrected chi connectivity index (χ4v) is 2.29. The molecule has 1 heterocycles. The number of hydrogen-bond acceptors (Lipinski definition) is 3. The van der Waals surface area contributed by atoms with Crippen molar-refractivity contribution in [3.63, 3.8) is 0 Å². The molecule has 0 radical (unpaired) electrons. The third-order valence-electron chi connectivity index (χ3n) is 3.41. The van der Waals surface area contributed by atoms with Gasteiger partial charge in [0.05, 0.1) is 13.3 Å². The summed E-state index contributed by atoms with van der Waals surface area (Å²) in [5.74, 6) is -0.0532. The van der Waals surface area contributed by atoms with Gasteiger partial charge in [0.25, 0.3) is 0 Å². The second kappa shape index (κ2) is 6.52. The first-order chi connectivity index (χ1) is 9.63. The Morgan fingerprint density at radius 3 is 2.80 bits per heavy atom. The summed E-state index contributed by atoms with van der Waals surface area (Å²) in [7, 11) is 5.25. The molecule has 0 aliphatic rings. The zero-order chi connectivity index (χ0) is 14.5. The Hall–Kier alpha value is -1.88. The predicted octanol–water partition coefficient (Wildman–Crippen LogP) is 2.46. The summed E-state index contributed by atoms with van der Waals surface area (Å²) >= 11 is 0. The Balaban J connectivity index is 2.06. The van der Waals surface area contributed by atoms with Crippen LogP contribution in [0.4, 0.5) is 4.39 Å². The Kier molecular flexibility index (Phi) is 4.74. The first-order valence-electron chi connectivity index (χ1n) is 6.62. The molecule has 2 rings (SSSR count). The van der Waals surface area contributed by atoms with E-state index in [0.717, 1.165) is 18.4 Å². The molecule has 0 amide bonds. The minimum atomic E-state index is -0.327. The van der Waals surface area contributed by atoms with Crippen LogP contribution in [0.15, 0.2) is 30.6 Å². The molecule has 0 aliphatic carbocycles. The SMILES string of the molecule is CNC(CCc1cnn(C)c1)c1ccc(OC)c(F)c1. The molecule has 0 saturated carbocycles. The van der Waals surface area contributed by atoms with E-state index in [2.05, 4.69) is 10.4 Å². The molecular weight excluding hydrogens is 257 g/mol. The van der Waals surface area contributed by atoms with Crippen molar-refractivity contribution in [3.8, 4) is 5.75 Å². The monoisotopic (exact) mass is 277 g/mol. The van der Waals surface area contributed by atoms with E-state index in [4.69, 9.17) is 4.74 Å². The molecule has 1 aromatic carbocycles. The van der Waals surface area contributed by atoms with Crippen LogP contribution >= 0.6 is 0 Å². The molecule has 0 bridgehead atoms. The number of aryl methyl sites for hydroxylation is 2. The molecule has 0 fully saturated rings. The molecule has 0 spiro atoms. The third kappa shape index (κ3) is 3.36. The summed E-state index contributed by atoms with van der Waals surface area (Å²) in [5, 5.41) is 7.38. The highest BCUT2D eigenvalue weighted by Crippen LogP contribution is 2.24. The lowest BCUT2D eigenvalue weighted by molar-refractivity contribution is 0.385. The first-order valence-corrected chi connectivity index (χ1v) is 6.62. The van der Waals surface area contributed by atoms with Gasteiger partial charge in [0.1, 0.15) is 0 Å². The van der Waals surface area contributed by atoms with E-state index in [1.54, 1.807) is 10.7 Å². The number of nitrogens with one attached hydrogen (secondary N) is 1. The summed E-state index contributed by atoms with van der Waals surface area (Å²) in [6, 6.07) is 5.20. The molecule has 1 atom stereocenters. The third-order valence-corrected chi connectivity index (χ3v) is 3.41. The van der Waals surface area contributed by atoms with Crippen molar-refractivity contribution in [1.82, 2.24) is 15.1 Å². The van der Waals surface area contributed by atoms with Gasteiger partial charge in [-0.1, -0.05) is 6.07 Å².